The summed E-state index contributed by atoms with van der Waals surface area (Å²) in [6, 6.07) is 15.2. The second kappa shape index (κ2) is 7.64. The lowest BCUT2D eigenvalue weighted by Gasteiger charge is -2.15. The van der Waals surface area contributed by atoms with Gasteiger partial charge in [-0.2, -0.15) is 0 Å². The third-order valence-electron chi connectivity index (χ3n) is 4.08. The van der Waals surface area contributed by atoms with Gasteiger partial charge >= 0.3 is 0 Å². The predicted molar refractivity (Wildman–Crippen MR) is 96.3 cm³/mol. The lowest BCUT2D eigenvalue weighted by molar-refractivity contribution is 0.101. The van der Waals surface area contributed by atoms with Crippen LogP contribution in [0.2, 0.25) is 0 Å². The van der Waals surface area contributed by atoms with Gasteiger partial charge in [0.15, 0.2) is 5.78 Å². The van der Waals surface area contributed by atoms with Crippen LogP contribution in [-0.4, -0.2) is 18.4 Å². The lowest BCUT2D eigenvalue weighted by atomic mass is 10.1. The van der Waals surface area contributed by atoms with Crippen molar-refractivity contribution in [3.63, 3.8) is 0 Å². The van der Waals surface area contributed by atoms with Gasteiger partial charge in [0.25, 0.3) is 0 Å². The molecule has 1 aliphatic carbocycles. The number of carbonyl (C=O) groups excluding carboxylic acids is 1. The van der Waals surface area contributed by atoms with Crippen LogP contribution in [0.4, 0.5) is 5.69 Å². The Kier molecular flexibility index (Phi) is 5.34. The molecule has 0 bridgehead atoms. The SMILES string of the molecule is O=C(CNc1ccc(OC2CCCC2)c(Br)c1)c1ccccc1. The number of benzene rings is 2. The first-order chi connectivity index (χ1) is 11.2. The molecule has 4 heteroatoms. The number of hydrogen-bond donors (Lipinski definition) is 1. The van der Waals surface area contributed by atoms with E-state index in [0.717, 1.165) is 34.3 Å². The number of carbonyl (C=O) groups is 1. The fourth-order valence-corrected chi connectivity index (χ4v) is 3.27. The maximum Gasteiger partial charge on any atom is 0.181 e. The second-order valence-corrected chi connectivity index (χ2v) is 6.67. The molecule has 0 aliphatic heterocycles. The van der Waals surface area contributed by atoms with E-state index in [-0.39, 0.29) is 12.3 Å². The molecule has 120 valence electrons. The average Bonchev–Trinajstić information content (AvgIpc) is 3.09. The molecule has 2 aromatic rings. The van der Waals surface area contributed by atoms with Gasteiger partial charge in [-0.05, 0) is 59.8 Å². The van der Waals surface area contributed by atoms with Crippen LogP contribution in [0.15, 0.2) is 53.0 Å². The van der Waals surface area contributed by atoms with E-state index in [1.54, 1.807) is 0 Å². The van der Waals surface area contributed by atoms with Crippen molar-refractivity contribution in [1.29, 1.82) is 0 Å². The summed E-state index contributed by atoms with van der Waals surface area (Å²) in [6.45, 7) is 0.277. The quantitative estimate of drug-likeness (QED) is 0.718. The van der Waals surface area contributed by atoms with Gasteiger partial charge in [0.05, 0.1) is 17.1 Å². The summed E-state index contributed by atoms with van der Waals surface area (Å²) in [5.41, 5.74) is 1.63. The number of ether oxygens (including phenoxy) is 1. The van der Waals surface area contributed by atoms with E-state index in [0.29, 0.717) is 6.10 Å². The van der Waals surface area contributed by atoms with Crippen LogP contribution in [0.25, 0.3) is 0 Å². The largest absolute Gasteiger partial charge is 0.489 e. The average molecular weight is 374 g/mol. The molecule has 0 spiro atoms. The van der Waals surface area contributed by atoms with Gasteiger partial charge < -0.3 is 10.1 Å². The van der Waals surface area contributed by atoms with Crippen molar-refractivity contribution < 1.29 is 9.53 Å². The molecule has 1 saturated carbocycles. The zero-order valence-corrected chi connectivity index (χ0v) is 14.5. The second-order valence-electron chi connectivity index (χ2n) is 5.81. The smallest absolute Gasteiger partial charge is 0.181 e. The Balaban J connectivity index is 1.58. The molecule has 23 heavy (non-hydrogen) atoms. The summed E-state index contributed by atoms with van der Waals surface area (Å²) >= 11 is 3.56. The van der Waals surface area contributed by atoms with Crippen molar-refractivity contribution in [2.45, 2.75) is 31.8 Å². The van der Waals surface area contributed by atoms with Crippen molar-refractivity contribution in [2.75, 3.05) is 11.9 Å². The number of hydrogen-bond acceptors (Lipinski definition) is 3. The Hall–Kier alpha value is -1.81. The Labute approximate surface area is 145 Å². The molecule has 3 nitrogen and oxygen atoms in total. The van der Waals surface area contributed by atoms with E-state index in [9.17, 15) is 4.79 Å². The normalized spacial score (nSPS) is 14.7. The highest BCUT2D eigenvalue weighted by Gasteiger charge is 2.17. The van der Waals surface area contributed by atoms with E-state index < -0.39 is 0 Å². The van der Waals surface area contributed by atoms with Gasteiger partial charge in [0.2, 0.25) is 0 Å². The number of Topliss-reactive ketones (excluding diaryl/α,β-unsaturated/α-hetero) is 1. The van der Waals surface area contributed by atoms with Crippen LogP contribution in [0.1, 0.15) is 36.0 Å². The van der Waals surface area contributed by atoms with Crippen molar-refractivity contribution in [2.24, 2.45) is 0 Å². The van der Waals surface area contributed by atoms with Crippen molar-refractivity contribution in [3.8, 4) is 5.75 Å². The van der Waals surface area contributed by atoms with E-state index in [2.05, 4.69) is 21.2 Å². The minimum Gasteiger partial charge on any atom is -0.489 e. The molecule has 0 atom stereocenters. The van der Waals surface area contributed by atoms with Gasteiger partial charge in [0, 0.05) is 11.3 Å². The van der Waals surface area contributed by atoms with E-state index in [1.165, 1.54) is 12.8 Å². The monoisotopic (exact) mass is 373 g/mol. The molecule has 0 unspecified atom stereocenters. The maximum atomic E-state index is 12.1. The molecule has 0 radical (unpaired) electrons. The molecule has 0 heterocycles. The number of nitrogens with one attached hydrogen (secondary N) is 1. The molecule has 1 aliphatic rings. The Bertz CT molecular complexity index is 666. The van der Waals surface area contributed by atoms with E-state index in [4.69, 9.17) is 4.74 Å². The zero-order chi connectivity index (χ0) is 16.1. The minimum absolute atomic E-state index is 0.0769. The topological polar surface area (TPSA) is 38.3 Å². The number of ketones is 1. The van der Waals surface area contributed by atoms with Crippen LogP contribution >= 0.6 is 15.9 Å². The molecule has 1 N–H and O–H groups in total. The van der Waals surface area contributed by atoms with Crippen LogP contribution in [0, 0.1) is 0 Å². The van der Waals surface area contributed by atoms with Crippen LogP contribution < -0.4 is 10.1 Å². The Morgan fingerprint density at radius 2 is 1.87 bits per heavy atom. The standard InChI is InChI=1S/C19H20BrNO2/c20-17-12-15(10-11-19(17)23-16-8-4-5-9-16)21-13-18(22)14-6-2-1-3-7-14/h1-3,6-7,10-12,16,21H,4-5,8-9,13H2. The van der Waals surface area contributed by atoms with Crippen molar-refractivity contribution >= 4 is 27.4 Å². The predicted octanol–water partition coefficient (Wildman–Crippen LogP) is 5.07. The summed E-state index contributed by atoms with van der Waals surface area (Å²) in [6.07, 6.45) is 5.12. The summed E-state index contributed by atoms with van der Waals surface area (Å²) in [5, 5.41) is 3.17. The minimum atomic E-state index is 0.0769. The highest BCUT2D eigenvalue weighted by Crippen LogP contribution is 2.32. The maximum absolute atomic E-state index is 12.1. The summed E-state index contributed by atoms with van der Waals surface area (Å²) in [4.78, 5) is 12.1. The van der Waals surface area contributed by atoms with E-state index >= 15 is 0 Å². The highest BCUT2D eigenvalue weighted by molar-refractivity contribution is 9.10. The number of halogens is 1. The molecule has 2 aromatic carbocycles. The summed E-state index contributed by atoms with van der Waals surface area (Å²) in [7, 11) is 0. The fraction of sp³-hybridized carbons (Fsp3) is 0.316. The molecule has 0 saturated heterocycles. The van der Waals surface area contributed by atoms with Gasteiger partial charge in [0.1, 0.15) is 5.75 Å². The van der Waals surface area contributed by atoms with Gasteiger partial charge in [-0.15, -0.1) is 0 Å². The Morgan fingerprint density at radius 1 is 1.13 bits per heavy atom. The molecule has 0 amide bonds. The molecule has 0 aromatic heterocycles. The molecule has 1 fully saturated rings. The number of anilines is 1. The highest BCUT2D eigenvalue weighted by atomic mass is 79.9. The molecular weight excluding hydrogens is 354 g/mol. The van der Waals surface area contributed by atoms with Gasteiger partial charge in [-0.1, -0.05) is 30.3 Å². The first-order valence-corrected chi connectivity index (χ1v) is 8.80. The van der Waals surface area contributed by atoms with Crippen LogP contribution in [0.3, 0.4) is 0 Å². The van der Waals surface area contributed by atoms with Crippen molar-refractivity contribution in [1.82, 2.24) is 0 Å². The first kappa shape index (κ1) is 16.1. The van der Waals surface area contributed by atoms with Crippen LogP contribution in [-0.2, 0) is 0 Å². The molecular formula is C19H20BrNO2. The van der Waals surface area contributed by atoms with Crippen LogP contribution in [0.5, 0.6) is 5.75 Å². The fourth-order valence-electron chi connectivity index (χ4n) is 2.80. The zero-order valence-electron chi connectivity index (χ0n) is 12.9. The van der Waals surface area contributed by atoms with Gasteiger partial charge in [-0.3, -0.25) is 4.79 Å². The summed E-state index contributed by atoms with van der Waals surface area (Å²) in [5.74, 6) is 0.949. The lowest BCUT2D eigenvalue weighted by Crippen LogP contribution is -2.14. The third kappa shape index (κ3) is 4.35. The summed E-state index contributed by atoms with van der Waals surface area (Å²) < 4.78 is 6.93. The number of rotatable bonds is 6. The van der Waals surface area contributed by atoms with Crippen molar-refractivity contribution in [3.05, 3.63) is 58.6 Å². The first-order valence-electron chi connectivity index (χ1n) is 8.01. The Morgan fingerprint density at radius 3 is 2.57 bits per heavy atom. The van der Waals surface area contributed by atoms with E-state index in [1.807, 2.05) is 48.5 Å². The van der Waals surface area contributed by atoms with Gasteiger partial charge in [-0.25, -0.2) is 0 Å². The third-order valence-corrected chi connectivity index (χ3v) is 4.70. The molecule has 3 rings (SSSR count).